The van der Waals surface area contributed by atoms with E-state index in [2.05, 4.69) is 42.9 Å². The van der Waals surface area contributed by atoms with Gasteiger partial charge in [-0.25, -0.2) is 0 Å². The number of methoxy groups -OCH3 is 1. The quantitative estimate of drug-likeness (QED) is 0.719. The summed E-state index contributed by atoms with van der Waals surface area (Å²) in [6, 6.07) is 14.1. The van der Waals surface area contributed by atoms with Gasteiger partial charge in [-0.1, -0.05) is 24.3 Å². The van der Waals surface area contributed by atoms with Crippen LogP contribution in [0.4, 0.5) is 0 Å². The third-order valence-electron chi connectivity index (χ3n) is 3.72. The van der Waals surface area contributed by atoms with Gasteiger partial charge in [0.15, 0.2) is 0 Å². The highest BCUT2D eigenvalue weighted by Crippen LogP contribution is 2.26. The highest BCUT2D eigenvalue weighted by molar-refractivity contribution is 5.86. The maximum absolute atomic E-state index is 5.90. The molecular weight excluding hydrogens is 262 g/mol. The monoisotopic (exact) mass is 281 g/mol. The molecule has 2 aromatic carbocycles. The van der Waals surface area contributed by atoms with Crippen LogP contribution in [-0.4, -0.2) is 11.7 Å². The van der Waals surface area contributed by atoms with Crippen LogP contribution in [0, 0.1) is 6.92 Å². The molecule has 3 rings (SSSR count). The molecule has 3 aromatic rings. The van der Waals surface area contributed by atoms with Gasteiger partial charge in [0.05, 0.1) is 12.6 Å². The maximum Gasteiger partial charge on any atom is 0.123 e. The number of benzene rings is 2. The fourth-order valence-electron chi connectivity index (χ4n) is 2.72. The van der Waals surface area contributed by atoms with Crippen LogP contribution < -0.4 is 9.47 Å². The summed E-state index contributed by atoms with van der Waals surface area (Å²) < 4.78 is 13.3. The van der Waals surface area contributed by atoms with Gasteiger partial charge in [-0.05, 0) is 24.6 Å². The fraction of sp³-hybridized carbons (Fsp3) is 0.222. The summed E-state index contributed by atoms with van der Waals surface area (Å²) in [6.45, 7) is 2.68. The maximum atomic E-state index is 5.90. The summed E-state index contributed by atoms with van der Waals surface area (Å²) in [7, 11) is 3.73. The number of fused-ring (bicyclic) bond motifs is 1. The summed E-state index contributed by atoms with van der Waals surface area (Å²) in [6.07, 6.45) is 2.14. The van der Waals surface area contributed by atoms with Crippen LogP contribution in [0.5, 0.6) is 11.5 Å². The molecule has 0 bridgehead atoms. The number of hydrogen-bond donors (Lipinski definition) is 0. The van der Waals surface area contributed by atoms with E-state index in [1.807, 2.05) is 24.3 Å². The van der Waals surface area contributed by atoms with E-state index in [1.165, 1.54) is 22.0 Å². The molecule has 0 amide bonds. The highest BCUT2D eigenvalue weighted by atomic mass is 16.5. The molecule has 21 heavy (non-hydrogen) atoms. The largest absolute Gasteiger partial charge is 0.497 e. The Balaban J connectivity index is 1.87. The predicted molar refractivity (Wildman–Crippen MR) is 85.0 cm³/mol. The standard InChI is InChI=1S/C18H19NO2/c1-13-6-4-9-17-14(11-19(2)18(13)17)12-21-16-8-5-7-15(10-16)20-3/h4-11H,12H2,1-3H3. The zero-order valence-electron chi connectivity index (χ0n) is 12.6. The van der Waals surface area contributed by atoms with Gasteiger partial charge >= 0.3 is 0 Å². The van der Waals surface area contributed by atoms with Crippen LogP contribution in [0.2, 0.25) is 0 Å². The van der Waals surface area contributed by atoms with E-state index in [4.69, 9.17) is 9.47 Å². The van der Waals surface area contributed by atoms with Gasteiger partial charge in [0.1, 0.15) is 18.1 Å². The van der Waals surface area contributed by atoms with E-state index < -0.39 is 0 Å². The molecule has 3 nitrogen and oxygen atoms in total. The number of aryl methyl sites for hydroxylation is 2. The molecule has 1 aromatic heterocycles. The topological polar surface area (TPSA) is 23.4 Å². The smallest absolute Gasteiger partial charge is 0.123 e. The van der Waals surface area contributed by atoms with Gasteiger partial charge in [-0.2, -0.15) is 0 Å². The van der Waals surface area contributed by atoms with Crippen molar-refractivity contribution in [3.8, 4) is 11.5 Å². The summed E-state index contributed by atoms with van der Waals surface area (Å²) in [5.41, 5.74) is 3.74. The number of para-hydroxylation sites is 1. The molecule has 0 unspecified atom stereocenters. The Bertz CT molecular complexity index is 774. The first-order valence-electron chi connectivity index (χ1n) is 6.99. The molecule has 0 atom stereocenters. The first-order valence-corrected chi connectivity index (χ1v) is 6.99. The summed E-state index contributed by atoms with van der Waals surface area (Å²) in [5.74, 6) is 1.63. The van der Waals surface area contributed by atoms with Gasteiger partial charge in [-0.15, -0.1) is 0 Å². The SMILES string of the molecule is COc1cccc(OCc2cn(C)c3c(C)cccc23)c1. The van der Waals surface area contributed by atoms with Crippen molar-refractivity contribution < 1.29 is 9.47 Å². The molecule has 0 aliphatic carbocycles. The normalized spacial score (nSPS) is 10.8. The van der Waals surface area contributed by atoms with Gasteiger partial charge in [0, 0.05) is 30.3 Å². The molecule has 0 spiro atoms. The lowest BCUT2D eigenvalue weighted by Gasteiger charge is -2.07. The fourth-order valence-corrected chi connectivity index (χ4v) is 2.72. The van der Waals surface area contributed by atoms with Crippen LogP contribution in [-0.2, 0) is 13.7 Å². The van der Waals surface area contributed by atoms with Crippen molar-refractivity contribution in [3.63, 3.8) is 0 Å². The van der Waals surface area contributed by atoms with Crippen LogP contribution in [0.1, 0.15) is 11.1 Å². The number of nitrogens with zero attached hydrogens (tertiary/aromatic N) is 1. The molecule has 0 aliphatic heterocycles. The number of aromatic nitrogens is 1. The summed E-state index contributed by atoms with van der Waals surface area (Å²) in [5, 5.41) is 1.25. The van der Waals surface area contributed by atoms with E-state index >= 15 is 0 Å². The molecule has 0 N–H and O–H groups in total. The molecule has 3 heteroatoms. The Morgan fingerprint density at radius 3 is 2.62 bits per heavy atom. The van der Waals surface area contributed by atoms with E-state index in [9.17, 15) is 0 Å². The van der Waals surface area contributed by atoms with Gasteiger partial charge < -0.3 is 14.0 Å². The van der Waals surface area contributed by atoms with E-state index in [1.54, 1.807) is 7.11 Å². The van der Waals surface area contributed by atoms with Crippen molar-refractivity contribution in [1.82, 2.24) is 4.57 Å². The molecule has 0 saturated heterocycles. The minimum atomic E-state index is 0.550. The average molecular weight is 281 g/mol. The molecule has 0 fully saturated rings. The van der Waals surface area contributed by atoms with Crippen LogP contribution in [0.15, 0.2) is 48.7 Å². The Kier molecular flexibility index (Phi) is 3.57. The first kappa shape index (κ1) is 13.6. The Hall–Kier alpha value is -2.42. The minimum absolute atomic E-state index is 0.550. The summed E-state index contributed by atoms with van der Waals surface area (Å²) in [4.78, 5) is 0. The Labute approximate surface area is 124 Å². The third kappa shape index (κ3) is 2.59. The number of ether oxygens (including phenoxy) is 2. The minimum Gasteiger partial charge on any atom is -0.497 e. The van der Waals surface area contributed by atoms with E-state index in [0.29, 0.717) is 6.61 Å². The zero-order chi connectivity index (χ0) is 14.8. The third-order valence-corrected chi connectivity index (χ3v) is 3.72. The molecule has 0 aliphatic rings. The lowest BCUT2D eigenvalue weighted by molar-refractivity contribution is 0.305. The Morgan fingerprint density at radius 2 is 1.81 bits per heavy atom. The molecule has 0 radical (unpaired) electrons. The Morgan fingerprint density at radius 1 is 1.05 bits per heavy atom. The second-order valence-corrected chi connectivity index (χ2v) is 5.20. The van der Waals surface area contributed by atoms with Crippen molar-refractivity contribution >= 4 is 10.9 Å². The van der Waals surface area contributed by atoms with Crippen molar-refractivity contribution in [2.24, 2.45) is 7.05 Å². The highest BCUT2D eigenvalue weighted by Gasteiger charge is 2.09. The predicted octanol–water partition coefficient (Wildman–Crippen LogP) is 4.07. The van der Waals surface area contributed by atoms with Gasteiger partial charge in [-0.3, -0.25) is 0 Å². The number of rotatable bonds is 4. The molecule has 0 saturated carbocycles. The second-order valence-electron chi connectivity index (χ2n) is 5.20. The lowest BCUT2D eigenvalue weighted by Crippen LogP contribution is -1.95. The van der Waals surface area contributed by atoms with Crippen LogP contribution in [0.3, 0.4) is 0 Å². The van der Waals surface area contributed by atoms with Crippen molar-refractivity contribution in [2.75, 3.05) is 7.11 Å². The van der Waals surface area contributed by atoms with E-state index in [-0.39, 0.29) is 0 Å². The van der Waals surface area contributed by atoms with Crippen molar-refractivity contribution in [3.05, 3.63) is 59.8 Å². The lowest BCUT2D eigenvalue weighted by atomic mass is 10.1. The van der Waals surface area contributed by atoms with Crippen molar-refractivity contribution in [2.45, 2.75) is 13.5 Å². The molecule has 1 heterocycles. The first-order chi connectivity index (χ1) is 10.2. The van der Waals surface area contributed by atoms with E-state index in [0.717, 1.165) is 11.5 Å². The molecule has 108 valence electrons. The van der Waals surface area contributed by atoms with Gasteiger partial charge in [0.25, 0.3) is 0 Å². The molecular formula is C18H19NO2. The second kappa shape index (κ2) is 5.52. The van der Waals surface area contributed by atoms with Gasteiger partial charge in [0.2, 0.25) is 0 Å². The van der Waals surface area contributed by atoms with Crippen molar-refractivity contribution in [1.29, 1.82) is 0 Å². The number of hydrogen-bond acceptors (Lipinski definition) is 2. The van der Waals surface area contributed by atoms with Crippen LogP contribution >= 0.6 is 0 Å². The zero-order valence-corrected chi connectivity index (χ0v) is 12.6. The summed E-state index contributed by atoms with van der Waals surface area (Å²) >= 11 is 0. The van der Waals surface area contributed by atoms with Crippen LogP contribution in [0.25, 0.3) is 10.9 Å². The average Bonchev–Trinajstić information content (AvgIpc) is 2.83.